The van der Waals surface area contributed by atoms with Gasteiger partial charge in [0.15, 0.2) is 4.77 Å². The fourth-order valence-electron chi connectivity index (χ4n) is 3.14. The maximum Gasteiger partial charge on any atom is 0.261 e. The van der Waals surface area contributed by atoms with Gasteiger partial charge < -0.3 is 9.88 Å². The molecular weight excluding hydrogens is 365 g/mol. The molecule has 0 unspecified atom stereocenters. The number of nitrogens with zero attached hydrogens (tertiary/aromatic N) is 2. The Hall–Kier alpha value is -2.80. The van der Waals surface area contributed by atoms with E-state index in [2.05, 4.69) is 4.98 Å². The number of carbonyl (C=O) groups excluding carboxylic acids is 1. The summed E-state index contributed by atoms with van der Waals surface area (Å²) in [5.41, 5.74) is 1.73. The van der Waals surface area contributed by atoms with Gasteiger partial charge in [0.25, 0.3) is 11.5 Å². The van der Waals surface area contributed by atoms with Gasteiger partial charge in [-0.2, -0.15) is 0 Å². The van der Waals surface area contributed by atoms with Crippen LogP contribution in [0.3, 0.4) is 0 Å². The molecule has 1 fully saturated rings. The van der Waals surface area contributed by atoms with Gasteiger partial charge in [-0.3, -0.25) is 14.2 Å². The fraction of sp³-hybridized carbons (Fsp3) is 0.250. The Labute approximate surface area is 160 Å². The second-order valence-corrected chi connectivity index (χ2v) is 7.23. The van der Waals surface area contributed by atoms with Crippen LogP contribution in [0.2, 0.25) is 0 Å². The first-order valence-electron chi connectivity index (χ1n) is 8.72. The van der Waals surface area contributed by atoms with Crippen LogP contribution in [0.1, 0.15) is 28.8 Å². The van der Waals surface area contributed by atoms with Gasteiger partial charge in [0.2, 0.25) is 0 Å². The van der Waals surface area contributed by atoms with E-state index in [1.165, 1.54) is 16.7 Å². The smallest absolute Gasteiger partial charge is 0.261 e. The van der Waals surface area contributed by atoms with E-state index >= 15 is 0 Å². The Morgan fingerprint density at radius 3 is 2.63 bits per heavy atom. The number of rotatable bonds is 4. The van der Waals surface area contributed by atoms with E-state index in [4.69, 9.17) is 12.2 Å². The number of fused-ring (bicyclic) bond motifs is 1. The minimum atomic E-state index is -0.297. The van der Waals surface area contributed by atoms with Crippen LogP contribution in [0.4, 0.5) is 4.39 Å². The maximum atomic E-state index is 13.1. The van der Waals surface area contributed by atoms with Crippen LogP contribution < -0.4 is 5.56 Å². The first-order chi connectivity index (χ1) is 12.9. The predicted octanol–water partition coefficient (Wildman–Crippen LogP) is 3.54. The highest BCUT2D eigenvalue weighted by Gasteiger charge is 2.33. The predicted molar refractivity (Wildman–Crippen MR) is 104 cm³/mol. The molecule has 1 aliphatic carbocycles. The zero-order chi connectivity index (χ0) is 19.1. The minimum absolute atomic E-state index is 0.108. The summed E-state index contributed by atoms with van der Waals surface area (Å²) in [6, 6.07) is 11.4. The lowest BCUT2D eigenvalue weighted by atomic mass is 10.1. The molecule has 1 heterocycles. The first kappa shape index (κ1) is 17.6. The van der Waals surface area contributed by atoms with Crippen molar-refractivity contribution in [3.63, 3.8) is 0 Å². The number of benzene rings is 2. The molecule has 1 amide bonds. The highest BCUT2D eigenvalue weighted by Crippen LogP contribution is 2.30. The Kier molecular flexibility index (Phi) is 4.39. The van der Waals surface area contributed by atoms with Crippen LogP contribution >= 0.6 is 12.2 Å². The number of H-pyrrole nitrogens is 1. The van der Waals surface area contributed by atoms with Crippen molar-refractivity contribution in [2.45, 2.75) is 25.4 Å². The molecule has 0 spiro atoms. The van der Waals surface area contributed by atoms with Crippen LogP contribution in [0.25, 0.3) is 10.9 Å². The van der Waals surface area contributed by atoms with E-state index in [-0.39, 0.29) is 23.3 Å². The third-order valence-corrected chi connectivity index (χ3v) is 5.24. The molecule has 0 bridgehead atoms. The lowest BCUT2D eigenvalue weighted by molar-refractivity contribution is 0.0730. The highest BCUT2D eigenvalue weighted by atomic mass is 32.1. The standard InChI is InChI=1S/C20H18FN3O2S/c1-23-19(26)16-9-4-13(10-17(16)22-20(23)27)18(25)24(15-7-8-15)11-12-2-5-14(21)6-3-12/h2-6,9-10,15H,7-8,11H2,1H3,(H,22,27). The zero-order valence-corrected chi connectivity index (χ0v) is 15.6. The largest absolute Gasteiger partial charge is 0.332 e. The number of carbonyl (C=O) groups is 1. The van der Waals surface area contributed by atoms with Crippen molar-refractivity contribution in [3.05, 3.63) is 74.5 Å². The van der Waals surface area contributed by atoms with Gasteiger partial charge in [-0.25, -0.2) is 4.39 Å². The molecule has 138 valence electrons. The van der Waals surface area contributed by atoms with Crippen LogP contribution in [0.5, 0.6) is 0 Å². The summed E-state index contributed by atoms with van der Waals surface area (Å²) in [7, 11) is 1.61. The number of aromatic amines is 1. The van der Waals surface area contributed by atoms with E-state index < -0.39 is 0 Å². The summed E-state index contributed by atoms with van der Waals surface area (Å²) < 4.78 is 14.8. The van der Waals surface area contributed by atoms with Gasteiger partial charge in [-0.05, 0) is 61.0 Å². The van der Waals surface area contributed by atoms with Gasteiger partial charge in [0.05, 0.1) is 10.9 Å². The average molecular weight is 383 g/mol. The molecule has 0 atom stereocenters. The number of halogens is 1. The zero-order valence-electron chi connectivity index (χ0n) is 14.7. The molecule has 7 heteroatoms. The number of nitrogens with one attached hydrogen (secondary N) is 1. The second-order valence-electron chi connectivity index (χ2n) is 6.85. The van der Waals surface area contributed by atoms with Gasteiger partial charge in [-0.1, -0.05) is 12.1 Å². The molecule has 0 saturated heterocycles. The summed E-state index contributed by atoms with van der Waals surface area (Å²) in [5.74, 6) is -0.405. The topological polar surface area (TPSA) is 58.1 Å². The van der Waals surface area contributed by atoms with E-state index in [0.717, 1.165) is 18.4 Å². The molecule has 0 radical (unpaired) electrons. The quantitative estimate of drug-likeness (QED) is 0.701. The van der Waals surface area contributed by atoms with Crippen molar-refractivity contribution in [2.75, 3.05) is 0 Å². The van der Waals surface area contributed by atoms with Crippen molar-refractivity contribution in [2.24, 2.45) is 7.05 Å². The van der Waals surface area contributed by atoms with E-state index in [1.54, 1.807) is 37.4 Å². The van der Waals surface area contributed by atoms with E-state index in [9.17, 15) is 14.0 Å². The Balaban J connectivity index is 1.69. The fourth-order valence-corrected chi connectivity index (χ4v) is 3.34. The molecule has 27 heavy (non-hydrogen) atoms. The summed E-state index contributed by atoms with van der Waals surface area (Å²) >= 11 is 5.16. The molecule has 5 nitrogen and oxygen atoms in total. The van der Waals surface area contributed by atoms with Crippen LogP contribution in [0, 0.1) is 10.6 Å². The summed E-state index contributed by atoms with van der Waals surface area (Å²) in [4.78, 5) is 30.2. The van der Waals surface area contributed by atoms with Crippen molar-refractivity contribution < 1.29 is 9.18 Å². The third kappa shape index (κ3) is 3.42. The van der Waals surface area contributed by atoms with Crippen molar-refractivity contribution in [3.8, 4) is 0 Å². The van der Waals surface area contributed by atoms with Crippen molar-refractivity contribution >= 4 is 29.0 Å². The number of amides is 1. The Morgan fingerprint density at radius 1 is 1.26 bits per heavy atom. The highest BCUT2D eigenvalue weighted by molar-refractivity contribution is 7.71. The summed E-state index contributed by atoms with van der Waals surface area (Å²) in [5, 5.41) is 0.485. The molecule has 1 N–H and O–H groups in total. The van der Waals surface area contributed by atoms with Crippen LogP contribution in [0.15, 0.2) is 47.3 Å². The average Bonchev–Trinajstić information content (AvgIpc) is 3.50. The second kappa shape index (κ2) is 6.74. The normalized spacial score (nSPS) is 13.7. The monoisotopic (exact) mass is 383 g/mol. The molecule has 2 aromatic carbocycles. The number of aromatic nitrogens is 2. The first-order valence-corrected chi connectivity index (χ1v) is 9.13. The van der Waals surface area contributed by atoms with E-state index in [0.29, 0.717) is 27.8 Å². The van der Waals surface area contributed by atoms with Gasteiger partial charge in [0.1, 0.15) is 5.82 Å². The SMILES string of the molecule is Cn1c(=S)[nH]c2cc(C(=O)N(Cc3ccc(F)cc3)C3CC3)ccc2c1=O. The van der Waals surface area contributed by atoms with Gasteiger partial charge in [0, 0.05) is 25.2 Å². The minimum Gasteiger partial charge on any atom is -0.332 e. The summed E-state index contributed by atoms with van der Waals surface area (Å²) in [6.45, 7) is 0.425. The Bertz CT molecular complexity index is 1150. The molecule has 3 aromatic rings. The number of hydrogen-bond acceptors (Lipinski definition) is 3. The summed E-state index contributed by atoms with van der Waals surface area (Å²) in [6.07, 6.45) is 1.92. The Morgan fingerprint density at radius 2 is 1.96 bits per heavy atom. The molecule has 1 saturated carbocycles. The molecule has 4 rings (SSSR count). The van der Waals surface area contributed by atoms with Crippen molar-refractivity contribution in [1.82, 2.24) is 14.5 Å². The van der Waals surface area contributed by atoms with Crippen molar-refractivity contribution in [1.29, 1.82) is 0 Å². The third-order valence-electron chi connectivity index (χ3n) is 4.86. The van der Waals surface area contributed by atoms with E-state index in [1.807, 2.05) is 4.90 Å². The van der Waals surface area contributed by atoms with Gasteiger partial charge >= 0.3 is 0 Å². The maximum absolute atomic E-state index is 13.1. The van der Waals surface area contributed by atoms with Crippen LogP contribution in [-0.2, 0) is 13.6 Å². The molecular formula is C20H18FN3O2S. The molecule has 1 aromatic heterocycles. The number of hydrogen-bond donors (Lipinski definition) is 1. The lowest BCUT2D eigenvalue weighted by Gasteiger charge is -2.23. The molecule has 1 aliphatic rings. The lowest BCUT2D eigenvalue weighted by Crippen LogP contribution is -2.32. The van der Waals surface area contributed by atoms with Gasteiger partial charge in [-0.15, -0.1) is 0 Å². The molecule has 0 aliphatic heterocycles. The van der Waals surface area contributed by atoms with Crippen LogP contribution in [-0.4, -0.2) is 26.4 Å².